The molecule has 6 rings (SSSR count). The zero-order valence-corrected chi connectivity index (χ0v) is 24.8. The minimum Gasteiger partial charge on any atom is -0.481 e. The topological polar surface area (TPSA) is 99.6 Å². The third kappa shape index (κ3) is 5.67. The van der Waals surface area contributed by atoms with E-state index in [0.717, 1.165) is 52.9 Å². The molecule has 0 saturated heterocycles. The van der Waals surface area contributed by atoms with E-state index in [2.05, 4.69) is 21.0 Å². The number of hydrogen-bond donors (Lipinski definition) is 0. The first-order valence-corrected chi connectivity index (χ1v) is 14.9. The van der Waals surface area contributed by atoms with Crippen LogP contribution in [-0.4, -0.2) is 20.8 Å². The van der Waals surface area contributed by atoms with Gasteiger partial charge >= 0.3 is 5.69 Å². The van der Waals surface area contributed by atoms with Gasteiger partial charge in [0.15, 0.2) is 0 Å². The lowest BCUT2D eigenvalue weighted by Gasteiger charge is -2.22. The van der Waals surface area contributed by atoms with Gasteiger partial charge in [0.25, 0.3) is 5.56 Å². The van der Waals surface area contributed by atoms with E-state index >= 15 is 0 Å². The molecular formula is C32H26BrClN4O4. The molecule has 0 aliphatic heterocycles. The molecule has 1 fully saturated rings. The largest absolute Gasteiger partial charge is 0.481 e. The van der Waals surface area contributed by atoms with Crippen molar-refractivity contribution < 1.29 is 9.66 Å². The first kappa shape index (κ1) is 28.1. The van der Waals surface area contributed by atoms with Crippen LogP contribution in [0, 0.1) is 10.1 Å². The Morgan fingerprint density at radius 3 is 2.64 bits per heavy atom. The van der Waals surface area contributed by atoms with Crippen LogP contribution < -0.4 is 10.3 Å². The molecule has 42 heavy (non-hydrogen) atoms. The van der Waals surface area contributed by atoms with Crippen LogP contribution in [0.4, 0.5) is 5.69 Å². The zero-order valence-electron chi connectivity index (χ0n) is 22.5. The highest BCUT2D eigenvalue weighted by Gasteiger charge is 2.24. The fraction of sp³-hybridized carbons (Fsp3) is 0.219. The number of nitro groups is 1. The Balaban J connectivity index is 1.36. The second-order valence-electron chi connectivity index (χ2n) is 10.4. The Kier molecular flexibility index (Phi) is 8.04. The zero-order chi connectivity index (χ0) is 29.2. The van der Waals surface area contributed by atoms with Crippen LogP contribution in [0.25, 0.3) is 21.7 Å². The van der Waals surface area contributed by atoms with Crippen molar-refractivity contribution in [3.05, 3.63) is 120 Å². The van der Waals surface area contributed by atoms with Gasteiger partial charge in [0, 0.05) is 22.0 Å². The average molecular weight is 646 g/mol. The molecule has 0 amide bonds. The van der Waals surface area contributed by atoms with Crippen LogP contribution >= 0.6 is 27.5 Å². The van der Waals surface area contributed by atoms with Gasteiger partial charge in [-0.1, -0.05) is 89.3 Å². The number of halogens is 2. The van der Waals surface area contributed by atoms with Gasteiger partial charge in [-0.05, 0) is 53.4 Å². The summed E-state index contributed by atoms with van der Waals surface area (Å²) in [4.78, 5) is 30.0. The highest BCUT2D eigenvalue weighted by Crippen LogP contribution is 2.37. The van der Waals surface area contributed by atoms with E-state index in [1.807, 2.05) is 54.6 Å². The number of hydrogen-bond acceptors (Lipinski definition) is 6. The molecule has 1 saturated carbocycles. The predicted octanol–water partition coefficient (Wildman–Crippen LogP) is 8.38. The van der Waals surface area contributed by atoms with Gasteiger partial charge in [-0.2, -0.15) is 9.78 Å². The molecule has 8 nitrogen and oxygen atoms in total. The van der Waals surface area contributed by atoms with Gasteiger partial charge in [-0.15, -0.1) is 0 Å². The summed E-state index contributed by atoms with van der Waals surface area (Å²) in [6, 6.07) is 22.0. The molecule has 0 radical (unpaired) electrons. The van der Waals surface area contributed by atoms with Crippen molar-refractivity contribution in [3.8, 4) is 5.75 Å². The Morgan fingerprint density at radius 1 is 1.05 bits per heavy atom. The van der Waals surface area contributed by atoms with E-state index in [9.17, 15) is 14.9 Å². The summed E-state index contributed by atoms with van der Waals surface area (Å²) < 4.78 is 8.02. The minimum absolute atomic E-state index is 0.0240. The lowest BCUT2D eigenvalue weighted by atomic mass is 9.88. The van der Waals surface area contributed by atoms with Crippen molar-refractivity contribution in [2.24, 2.45) is 5.10 Å². The maximum atomic E-state index is 13.6. The van der Waals surface area contributed by atoms with Crippen molar-refractivity contribution in [3.63, 3.8) is 0 Å². The molecule has 0 unspecified atom stereocenters. The summed E-state index contributed by atoms with van der Waals surface area (Å²) in [6.45, 7) is 0.105. The molecule has 0 spiro atoms. The molecule has 212 valence electrons. The molecule has 1 aliphatic carbocycles. The quantitative estimate of drug-likeness (QED) is 0.101. The molecule has 1 aromatic heterocycles. The SMILES string of the molecule is O=c1c2cc(Br)ccc2nc(C2CCCCC2)n1N=Cc1cc(Cl)c(OCc2cccc3ccccc23)c([N+](=O)[O-])c1. The first-order chi connectivity index (χ1) is 20.4. The number of fused-ring (bicyclic) bond motifs is 2. The fourth-order valence-corrected chi connectivity index (χ4v) is 6.19. The van der Waals surface area contributed by atoms with Gasteiger partial charge in [0.1, 0.15) is 12.4 Å². The van der Waals surface area contributed by atoms with E-state index in [0.29, 0.717) is 22.3 Å². The summed E-state index contributed by atoms with van der Waals surface area (Å²) >= 11 is 9.98. The molecular weight excluding hydrogens is 620 g/mol. The molecule has 1 heterocycles. The fourth-order valence-electron chi connectivity index (χ4n) is 5.55. The number of benzene rings is 4. The second kappa shape index (κ2) is 12.0. The van der Waals surface area contributed by atoms with E-state index in [1.54, 1.807) is 12.1 Å². The molecule has 4 aromatic carbocycles. The van der Waals surface area contributed by atoms with E-state index in [-0.39, 0.29) is 34.5 Å². The third-order valence-corrected chi connectivity index (χ3v) is 8.39. The van der Waals surface area contributed by atoms with Crippen LogP contribution in [-0.2, 0) is 6.61 Å². The number of ether oxygens (including phenoxy) is 1. The number of nitro benzene ring substituents is 1. The molecule has 10 heteroatoms. The monoisotopic (exact) mass is 644 g/mol. The molecule has 0 N–H and O–H groups in total. The Labute approximate surface area is 254 Å². The number of rotatable bonds is 7. The lowest BCUT2D eigenvalue weighted by molar-refractivity contribution is -0.385. The average Bonchev–Trinajstić information content (AvgIpc) is 3.00. The second-order valence-corrected chi connectivity index (χ2v) is 11.7. The van der Waals surface area contributed by atoms with Gasteiger partial charge < -0.3 is 4.74 Å². The van der Waals surface area contributed by atoms with Gasteiger partial charge in [-0.25, -0.2) is 4.98 Å². The van der Waals surface area contributed by atoms with Crippen molar-refractivity contribution in [1.82, 2.24) is 9.66 Å². The van der Waals surface area contributed by atoms with Crippen molar-refractivity contribution in [2.75, 3.05) is 0 Å². The van der Waals surface area contributed by atoms with Crippen LogP contribution in [0.5, 0.6) is 5.75 Å². The van der Waals surface area contributed by atoms with Gasteiger partial charge in [-0.3, -0.25) is 14.9 Å². The standard InChI is InChI=1S/C32H26BrClN4O4/c33-24-13-14-28-26(17-24)32(39)37(31(36-28)22-8-2-1-3-9-22)35-18-20-15-27(34)30(29(16-20)38(40)41)42-19-23-11-6-10-21-7-4-5-12-25(21)23/h4-7,10-18,22H,1-3,8-9,19H2. The molecule has 0 atom stereocenters. The number of nitrogens with zero attached hydrogens (tertiary/aromatic N) is 4. The Bertz CT molecular complexity index is 1910. The van der Waals surface area contributed by atoms with E-state index < -0.39 is 4.92 Å². The normalized spacial score (nSPS) is 14.1. The maximum absolute atomic E-state index is 13.6. The molecule has 5 aromatic rings. The van der Waals surface area contributed by atoms with Crippen LogP contribution in [0.2, 0.25) is 5.02 Å². The highest BCUT2D eigenvalue weighted by atomic mass is 79.9. The smallest absolute Gasteiger partial charge is 0.313 e. The first-order valence-electron chi connectivity index (χ1n) is 13.7. The summed E-state index contributed by atoms with van der Waals surface area (Å²) in [7, 11) is 0. The summed E-state index contributed by atoms with van der Waals surface area (Å²) in [6.07, 6.45) is 6.53. The molecule has 0 bridgehead atoms. The summed E-state index contributed by atoms with van der Waals surface area (Å²) in [5.74, 6) is 0.671. The van der Waals surface area contributed by atoms with Crippen LogP contribution in [0.3, 0.4) is 0 Å². The van der Waals surface area contributed by atoms with Gasteiger partial charge in [0.05, 0.1) is 27.1 Å². The van der Waals surface area contributed by atoms with Crippen molar-refractivity contribution in [1.29, 1.82) is 0 Å². The highest BCUT2D eigenvalue weighted by molar-refractivity contribution is 9.10. The van der Waals surface area contributed by atoms with Crippen molar-refractivity contribution in [2.45, 2.75) is 44.6 Å². The van der Waals surface area contributed by atoms with E-state index in [4.69, 9.17) is 21.3 Å². The summed E-state index contributed by atoms with van der Waals surface area (Å²) in [5, 5.41) is 19.1. The Morgan fingerprint density at radius 2 is 1.83 bits per heavy atom. The van der Waals surface area contributed by atoms with Crippen LogP contribution in [0.15, 0.2) is 87.2 Å². The predicted molar refractivity (Wildman–Crippen MR) is 169 cm³/mol. The minimum atomic E-state index is -0.531. The Hall–Kier alpha value is -4.08. The third-order valence-electron chi connectivity index (χ3n) is 7.62. The lowest BCUT2D eigenvalue weighted by Crippen LogP contribution is -2.25. The number of aromatic nitrogens is 2. The van der Waals surface area contributed by atoms with E-state index in [1.165, 1.54) is 17.0 Å². The van der Waals surface area contributed by atoms with Crippen molar-refractivity contribution >= 4 is 61.1 Å². The summed E-state index contributed by atoms with van der Waals surface area (Å²) in [5.41, 5.74) is 1.27. The van der Waals surface area contributed by atoms with Crippen LogP contribution in [0.1, 0.15) is 55.0 Å². The molecule has 1 aliphatic rings. The van der Waals surface area contributed by atoms with Gasteiger partial charge in [0.2, 0.25) is 5.75 Å². The maximum Gasteiger partial charge on any atom is 0.313 e.